The van der Waals surface area contributed by atoms with Crippen molar-refractivity contribution >= 4 is 45.5 Å². The number of pyridine rings is 2. The van der Waals surface area contributed by atoms with Crippen LogP contribution in [-0.4, -0.2) is 55.1 Å². The Hall–Kier alpha value is -4.59. The number of ether oxygens (including phenoxy) is 3. The number of carbonyl (C=O) groups is 1. The van der Waals surface area contributed by atoms with Gasteiger partial charge in [0, 0.05) is 36.0 Å². The minimum atomic E-state index is -0.123. The Morgan fingerprint density at radius 1 is 1.10 bits per heavy atom. The smallest absolute Gasteiger partial charge is 0.224 e. The summed E-state index contributed by atoms with van der Waals surface area (Å²) < 4.78 is 17.0. The van der Waals surface area contributed by atoms with E-state index in [-0.39, 0.29) is 12.5 Å². The number of nitriles is 1. The Morgan fingerprint density at radius 2 is 1.93 bits per heavy atom. The number of nitrogens with one attached hydrogen (secondary N) is 2. The van der Waals surface area contributed by atoms with Crippen LogP contribution in [0.3, 0.4) is 0 Å². The highest BCUT2D eigenvalue weighted by Gasteiger charge is 2.16. The molecule has 0 atom stereocenters. The monoisotopic (exact) mass is 588 g/mol. The number of rotatable bonds is 13. The van der Waals surface area contributed by atoms with E-state index in [1.54, 1.807) is 49.7 Å². The largest absolute Gasteiger partial charge is 0.495 e. The highest BCUT2D eigenvalue weighted by Crippen LogP contribution is 2.37. The zero-order valence-corrected chi connectivity index (χ0v) is 24.8. The summed E-state index contributed by atoms with van der Waals surface area (Å²) in [4.78, 5) is 23.5. The van der Waals surface area contributed by atoms with Gasteiger partial charge in [-0.1, -0.05) is 11.6 Å². The molecule has 2 aromatic carbocycles. The van der Waals surface area contributed by atoms with Gasteiger partial charge >= 0.3 is 0 Å². The van der Waals surface area contributed by atoms with Gasteiger partial charge < -0.3 is 29.7 Å². The van der Waals surface area contributed by atoms with Gasteiger partial charge in [0.05, 0.1) is 41.2 Å². The van der Waals surface area contributed by atoms with Gasteiger partial charge in [-0.15, -0.1) is 0 Å². The molecule has 2 aromatic heterocycles. The number of nitrogens with zero attached hydrogens (tertiary/aromatic N) is 4. The van der Waals surface area contributed by atoms with Crippen molar-refractivity contribution in [1.29, 1.82) is 5.26 Å². The van der Waals surface area contributed by atoms with E-state index in [1.807, 2.05) is 32.0 Å². The van der Waals surface area contributed by atoms with Crippen LogP contribution in [0.15, 0.2) is 54.9 Å². The molecule has 2 N–H and O–H groups in total. The molecule has 0 spiro atoms. The summed E-state index contributed by atoms with van der Waals surface area (Å²) in [6.07, 6.45) is 4.25. The first-order valence-electron chi connectivity index (χ1n) is 13.4. The van der Waals surface area contributed by atoms with Gasteiger partial charge in [0.2, 0.25) is 5.91 Å². The lowest BCUT2D eigenvalue weighted by atomic mass is 10.1. The summed E-state index contributed by atoms with van der Waals surface area (Å²) >= 11 is 6.57. The SMILES string of the molecule is CCOc1cc2ncc(C#N)c(Nc3ccc(OCc4ncccc4OC)c(Cl)c3)c2cc1NC(=O)CCCN(C)C. The van der Waals surface area contributed by atoms with Crippen LogP contribution >= 0.6 is 11.6 Å². The standard InChI is InChI=1S/C31H33ClN6O4/c1-5-41-29-16-24-22(15-25(29)37-30(39)9-7-13-38(2)3)31(20(17-33)18-35-24)36-21-10-11-27(23(32)14-21)42-19-26-28(40-4)8-6-12-34-26/h6,8,10-12,14-16,18H,5,7,9,13,19H2,1-4H3,(H,35,36)(H,37,39). The number of anilines is 3. The van der Waals surface area contributed by atoms with Crippen molar-refractivity contribution in [2.45, 2.75) is 26.4 Å². The first kappa shape index (κ1) is 30.4. The maximum atomic E-state index is 12.7. The highest BCUT2D eigenvalue weighted by molar-refractivity contribution is 6.32. The summed E-state index contributed by atoms with van der Waals surface area (Å²) in [5, 5.41) is 17.2. The number of carbonyl (C=O) groups excluding carboxylic acids is 1. The number of methoxy groups -OCH3 is 1. The highest BCUT2D eigenvalue weighted by atomic mass is 35.5. The van der Waals surface area contributed by atoms with Gasteiger partial charge in [0.15, 0.2) is 0 Å². The topological polar surface area (TPSA) is 122 Å². The van der Waals surface area contributed by atoms with Crippen LogP contribution in [0.1, 0.15) is 31.0 Å². The lowest BCUT2D eigenvalue weighted by Crippen LogP contribution is -2.17. The molecular weight excluding hydrogens is 556 g/mol. The van der Waals surface area contributed by atoms with Crippen LogP contribution in [0.4, 0.5) is 17.1 Å². The number of amides is 1. The Morgan fingerprint density at radius 3 is 2.64 bits per heavy atom. The molecule has 4 rings (SSSR count). The summed E-state index contributed by atoms with van der Waals surface area (Å²) in [6, 6.07) is 14.6. The van der Waals surface area contributed by atoms with Gasteiger partial charge in [-0.3, -0.25) is 14.8 Å². The molecule has 0 aliphatic heterocycles. The molecule has 0 saturated heterocycles. The average molecular weight is 589 g/mol. The van der Waals surface area contributed by atoms with Crippen LogP contribution in [0.2, 0.25) is 5.02 Å². The fraction of sp³-hybridized carbons (Fsp3) is 0.290. The summed E-state index contributed by atoms with van der Waals surface area (Å²) in [6.45, 7) is 3.26. The number of hydrogen-bond acceptors (Lipinski definition) is 9. The molecule has 0 bridgehead atoms. The van der Waals surface area contributed by atoms with Gasteiger partial charge in [-0.05, 0) is 70.4 Å². The first-order chi connectivity index (χ1) is 20.3. The van der Waals surface area contributed by atoms with Gasteiger partial charge in [0.1, 0.15) is 35.6 Å². The van der Waals surface area contributed by atoms with Gasteiger partial charge in [-0.25, -0.2) is 0 Å². The fourth-order valence-electron chi connectivity index (χ4n) is 4.28. The zero-order chi connectivity index (χ0) is 30.1. The predicted molar refractivity (Wildman–Crippen MR) is 164 cm³/mol. The Kier molecular flexibility index (Phi) is 10.4. The quantitative estimate of drug-likeness (QED) is 0.189. The number of hydrogen-bond donors (Lipinski definition) is 2. The molecule has 1 amide bonds. The molecule has 0 fully saturated rings. The van der Waals surface area contributed by atoms with Crippen molar-refractivity contribution in [3.05, 3.63) is 71.1 Å². The van der Waals surface area contributed by atoms with E-state index in [0.717, 1.165) is 13.0 Å². The molecule has 0 radical (unpaired) electrons. The minimum absolute atomic E-state index is 0.123. The van der Waals surface area contributed by atoms with Gasteiger partial charge in [-0.2, -0.15) is 5.26 Å². The lowest BCUT2D eigenvalue weighted by molar-refractivity contribution is -0.116. The summed E-state index contributed by atoms with van der Waals surface area (Å²) in [5.74, 6) is 1.47. The fourth-order valence-corrected chi connectivity index (χ4v) is 4.52. The number of halogens is 1. The van der Waals surface area contributed by atoms with Crippen molar-refractivity contribution in [1.82, 2.24) is 14.9 Å². The molecule has 10 nitrogen and oxygen atoms in total. The second-order valence-electron chi connectivity index (χ2n) is 9.62. The number of benzene rings is 2. The third-order valence-corrected chi connectivity index (χ3v) is 6.60. The van der Waals surface area contributed by atoms with Crippen LogP contribution in [0, 0.1) is 11.3 Å². The number of aromatic nitrogens is 2. The lowest BCUT2D eigenvalue weighted by Gasteiger charge is -2.17. The van der Waals surface area contributed by atoms with Crippen molar-refractivity contribution < 1.29 is 19.0 Å². The van der Waals surface area contributed by atoms with Crippen molar-refractivity contribution in [2.24, 2.45) is 0 Å². The molecule has 218 valence electrons. The summed E-state index contributed by atoms with van der Waals surface area (Å²) in [5.41, 5.74) is 3.24. The van der Waals surface area contributed by atoms with Crippen molar-refractivity contribution in [3.63, 3.8) is 0 Å². The molecule has 0 aliphatic rings. The maximum Gasteiger partial charge on any atom is 0.224 e. The normalized spacial score (nSPS) is 10.8. The first-order valence-corrected chi connectivity index (χ1v) is 13.8. The van der Waals surface area contributed by atoms with E-state index in [9.17, 15) is 10.1 Å². The van der Waals surface area contributed by atoms with Crippen LogP contribution in [0.25, 0.3) is 10.9 Å². The third-order valence-electron chi connectivity index (χ3n) is 6.31. The molecule has 4 aromatic rings. The van der Waals surface area contributed by atoms with Crippen LogP contribution in [0.5, 0.6) is 17.2 Å². The van der Waals surface area contributed by atoms with Crippen molar-refractivity contribution in [2.75, 3.05) is 45.0 Å². The Labute approximate surface area is 250 Å². The van der Waals surface area contributed by atoms with E-state index < -0.39 is 0 Å². The molecule has 0 unspecified atom stereocenters. The van der Waals surface area contributed by atoms with E-state index >= 15 is 0 Å². The molecular formula is C31H33ClN6O4. The second-order valence-corrected chi connectivity index (χ2v) is 10.0. The molecule has 42 heavy (non-hydrogen) atoms. The minimum Gasteiger partial charge on any atom is -0.495 e. The van der Waals surface area contributed by atoms with E-state index in [4.69, 9.17) is 25.8 Å². The Balaban J connectivity index is 1.61. The second kappa shape index (κ2) is 14.3. The summed E-state index contributed by atoms with van der Waals surface area (Å²) in [7, 11) is 5.51. The van der Waals surface area contributed by atoms with E-state index in [1.165, 1.54) is 6.20 Å². The van der Waals surface area contributed by atoms with Crippen LogP contribution < -0.4 is 24.8 Å². The zero-order valence-electron chi connectivity index (χ0n) is 24.0. The van der Waals surface area contributed by atoms with Gasteiger partial charge in [0.25, 0.3) is 0 Å². The Bertz CT molecular complexity index is 1600. The van der Waals surface area contributed by atoms with Crippen LogP contribution in [-0.2, 0) is 11.4 Å². The molecule has 11 heteroatoms. The average Bonchev–Trinajstić information content (AvgIpc) is 2.97. The predicted octanol–water partition coefficient (Wildman–Crippen LogP) is 6.17. The molecule has 0 aliphatic carbocycles. The molecule has 2 heterocycles. The van der Waals surface area contributed by atoms with E-state index in [2.05, 4.69) is 26.7 Å². The molecule has 0 saturated carbocycles. The maximum absolute atomic E-state index is 12.7. The van der Waals surface area contributed by atoms with Crippen molar-refractivity contribution in [3.8, 4) is 23.3 Å². The number of fused-ring (bicyclic) bond motifs is 1. The third kappa shape index (κ3) is 7.57. The van der Waals surface area contributed by atoms with E-state index in [0.29, 0.717) is 74.5 Å².